The van der Waals surface area contributed by atoms with Crippen molar-refractivity contribution in [1.82, 2.24) is 15.0 Å². The van der Waals surface area contributed by atoms with Gasteiger partial charge in [0.15, 0.2) is 5.82 Å². The molecule has 6 heteroatoms. The van der Waals surface area contributed by atoms with E-state index in [0.29, 0.717) is 19.0 Å². The molecule has 0 aliphatic heterocycles. The van der Waals surface area contributed by atoms with Gasteiger partial charge in [-0.05, 0) is 24.1 Å². The zero-order valence-corrected chi connectivity index (χ0v) is 16.6. The lowest BCUT2D eigenvalue weighted by molar-refractivity contribution is 0.144. The number of anilines is 1. The summed E-state index contributed by atoms with van der Waals surface area (Å²) in [4.78, 5) is 15.0. The van der Waals surface area contributed by atoms with Crippen LogP contribution in [0.2, 0.25) is 0 Å². The molecule has 142 valence electrons. The minimum atomic E-state index is 0.631. The van der Waals surface area contributed by atoms with Gasteiger partial charge >= 0.3 is 0 Å². The van der Waals surface area contributed by atoms with Crippen LogP contribution >= 0.6 is 11.3 Å². The number of aromatic nitrogens is 3. The van der Waals surface area contributed by atoms with E-state index in [2.05, 4.69) is 34.7 Å². The summed E-state index contributed by atoms with van der Waals surface area (Å²) in [7, 11) is 0. The van der Waals surface area contributed by atoms with E-state index in [1.807, 2.05) is 36.4 Å². The molecule has 0 saturated carbocycles. The molecule has 0 aliphatic carbocycles. The first-order valence-corrected chi connectivity index (χ1v) is 10.3. The molecule has 1 N–H and O–H groups in total. The predicted octanol–water partition coefficient (Wildman–Crippen LogP) is 5.26. The molecule has 0 atom stereocenters. The van der Waals surface area contributed by atoms with Crippen LogP contribution in [-0.4, -0.2) is 34.7 Å². The second-order valence-corrected chi connectivity index (χ2v) is 7.20. The Hall–Kier alpha value is -2.83. The monoisotopic (exact) mass is 390 g/mol. The summed E-state index contributed by atoms with van der Waals surface area (Å²) in [5.74, 6) is 1.46. The first kappa shape index (κ1) is 18.5. The molecule has 0 fully saturated rings. The Bertz CT molecular complexity index is 1030. The van der Waals surface area contributed by atoms with E-state index >= 15 is 0 Å². The summed E-state index contributed by atoms with van der Waals surface area (Å²) in [6, 6.07) is 16.1. The maximum atomic E-state index is 5.61. The quantitative estimate of drug-likeness (QED) is 0.416. The van der Waals surface area contributed by atoms with Crippen LogP contribution in [0.1, 0.15) is 13.3 Å². The Morgan fingerprint density at radius 3 is 2.64 bits per heavy atom. The number of hydrogen-bond acceptors (Lipinski definition) is 6. The van der Waals surface area contributed by atoms with E-state index in [1.165, 1.54) is 0 Å². The molecule has 0 saturated heterocycles. The molecule has 0 amide bonds. The van der Waals surface area contributed by atoms with E-state index < -0.39 is 0 Å². The lowest BCUT2D eigenvalue weighted by Gasteiger charge is -2.11. The smallest absolute Gasteiger partial charge is 0.181 e. The van der Waals surface area contributed by atoms with Gasteiger partial charge in [-0.3, -0.25) is 4.98 Å². The predicted molar refractivity (Wildman–Crippen MR) is 116 cm³/mol. The molecule has 1 aromatic carbocycles. The molecule has 0 aliphatic rings. The van der Waals surface area contributed by atoms with Crippen LogP contribution in [0.4, 0.5) is 5.82 Å². The van der Waals surface area contributed by atoms with E-state index in [9.17, 15) is 0 Å². The second kappa shape index (κ2) is 8.91. The van der Waals surface area contributed by atoms with Crippen molar-refractivity contribution in [3.05, 3.63) is 60.1 Å². The highest BCUT2D eigenvalue weighted by Gasteiger charge is 2.16. The molecular weight excluding hydrogens is 368 g/mol. The standard InChI is InChI=1S/C22H22N4OS/c1-2-13-27-14-12-24-21-19-17(16-8-4-3-5-9-16)15-28-22(19)26-20(25-21)18-10-6-7-11-23-18/h3-11,15H,2,12-14H2,1H3,(H,24,25,26). The van der Waals surface area contributed by atoms with E-state index in [1.54, 1.807) is 17.5 Å². The molecule has 0 bridgehead atoms. The van der Waals surface area contributed by atoms with E-state index in [0.717, 1.165) is 45.9 Å². The second-order valence-electron chi connectivity index (χ2n) is 6.35. The van der Waals surface area contributed by atoms with Gasteiger partial charge in [-0.25, -0.2) is 9.97 Å². The fraction of sp³-hybridized carbons (Fsp3) is 0.227. The third kappa shape index (κ3) is 4.03. The van der Waals surface area contributed by atoms with Crippen LogP contribution < -0.4 is 5.32 Å². The largest absolute Gasteiger partial charge is 0.380 e. The maximum Gasteiger partial charge on any atom is 0.181 e. The summed E-state index contributed by atoms with van der Waals surface area (Å²) in [6.45, 7) is 4.21. The number of thiophene rings is 1. The lowest BCUT2D eigenvalue weighted by Crippen LogP contribution is -2.11. The van der Waals surface area contributed by atoms with Gasteiger partial charge in [0.25, 0.3) is 0 Å². The van der Waals surface area contributed by atoms with Gasteiger partial charge in [0.05, 0.1) is 12.0 Å². The number of hydrogen-bond donors (Lipinski definition) is 1. The normalized spacial score (nSPS) is 11.0. The van der Waals surface area contributed by atoms with Crippen molar-refractivity contribution in [3.8, 4) is 22.6 Å². The SMILES string of the molecule is CCCOCCNc1nc(-c2ccccn2)nc2scc(-c3ccccc3)c12. The van der Waals surface area contributed by atoms with Crippen LogP contribution in [0.5, 0.6) is 0 Å². The number of benzene rings is 1. The minimum Gasteiger partial charge on any atom is -0.380 e. The lowest BCUT2D eigenvalue weighted by atomic mass is 10.1. The van der Waals surface area contributed by atoms with E-state index in [-0.39, 0.29) is 0 Å². The van der Waals surface area contributed by atoms with Crippen LogP contribution in [0.25, 0.3) is 32.9 Å². The average molecular weight is 391 g/mol. The van der Waals surface area contributed by atoms with Crippen LogP contribution in [0, 0.1) is 0 Å². The number of nitrogens with zero attached hydrogens (tertiary/aromatic N) is 3. The molecule has 0 spiro atoms. The summed E-state index contributed by atoms with van der Waals surface area (Å²) < 4.78 is 5.61. The molecular formula is C22H22N4OS. The van der Waals surface area contributed by atoms with Gasteiger partial charge in [-0.15, -0.1) is 11.3 Å². The first-order chi connectivity index (χ1) is 13.9. The third-order valence-electron chi connectivity index (χ3n) is 4.30. The number of ether oxygens (including phenoxy) is 1. The fourth-order valence-corrected chi connectivity index (χ4v) is 3.94. The molecule has 3 heterocycles. The number of rotatable bonds is 8. The molecule has 3 aromatic heterocycles. The average Bonchev–Trinajstić information content (AvgIpc) is 3.19. The summed E-state index contributed by atoms with van der Waals surface area (Å²) in [6.07, 6.45) is 2.78. The molecule has 28 heavy (non-hydrogen) atoms. The highest BCUT2D eigenvalue weighted by atomic mass is 32.1. The Morgan fingerprint density at radius 2 is 1.86 bits per heavy atom. The van der Waals surface area contributed by atoms with Gasteiger partial charge in [-0.2, -0.15) is 0 Å². The molecule has 4 aromatic rings. The van der Waals surface area contributed by atoms with Crippen molar-refractivity contribution in [3.63, 3.8) is 0 Å². The summed E-state index contributed by atoms with van der Waals surface area (Å²) >= 11 is 1.63. The zero-order valence-electron chi connectivity index (χ0n) is 15.8. The summed E-state index contributed by atoms with van der Waals surface area (Å²) in [5.41, 5.74) is 3.07. The van der Waals surface area contributed by atoms with Crippen molar-refractivity contribution in [2.75, 3.05) is 25.1 Å². The van der Waals surface area contributed by atoms with Crippen molar-refractivity contribution in [2.45, 2.75) is 13.3 Å². The van der Waals surface area contributed by atoms with Crippen molar-refractivity contribution >= 4 is 27.4 Å². The van der Waals surface area contributed by atoms with Gasteiger partial charge in [-0.1, -0.05) is 43.3 Å². The van der Waals surface area contributed by atoms with Gasteiger partial charge < -0.3 is 10.1 Å². The Balaban J connectivity index is 1.75. The Labute approximate surface area is 168 Å². The van der Waals surface area contributed by atoms with Crippen LogP contribution in [0.15, 0.2) is 60.1 Å². The molecule has 0 radical (unpaired) electrons. The fourth-order valence-electron chi connectivity index (χ4n) is 3.00. The van der Waals surface area contributed by atoms with Gasteiger partial charge in [0, 0.05) is 30.3 Å². The highest BCUT2D eigenvalue weighted by Crippen LogP contribution is 2.37. The maximum absolute atomic E-state index is 5.61. The Morgan fingerprint density at radius 1 is 1.00 bits per heavy atom. The van der Waals surface area contributed by atoms with Crippen LogP contribution in [-0.2, 0) is 4.74 Å². The number of pyridine rings is 1. The van der Waals surface area contributed by atoms with Crippen molar-refractivity contribution in [2.24, 2.45) is 0 Å². The highest BCUT2D eigenvalue weighted by molar-refractivity contribution is 7.17. The zero-order chi connectivity index (χ0) is 19.2. The number of nitrogens with one attached hydrogen (secondary N) is 1. The van der Waals surface area contributed by atoms with Gasteiger partial charge in [0.1, 0.15) is 16.3 Å². The molecule has 4 rings (SSSR count). The van der Waals surface area contributed by atoms with E-state index in [4.69, 9.17) is 14.7 Å². The first-order valence-electron chi connectivity index (χ1n) is 9.44. The Kier molecular flexibility index (Phi) is 5.89. The van der Waals surface area contributed by atoms with Crippen molar-refractivity contribution < 1.29 is 4.74 Å². The summed E-state index contributed by atoms with van der Waals surface area (Å²) in [5, 5.41) is 6.65. The van der Waals surface area contributed by atoms with Gasteiger partial charge in [0.2, 0.25) is 0 Å². The third-order valence-corrected chi connectivity index (χ3v) is 5.17. The van der Waals surface area contributed by atoms with Crippen LogP contribution in [0.3, 0.4) is 0 Å². The van der Waals surface area contributed by atoms with Crippen molar-refractivity contribution in [1.29, 1.82) is 0 Å². The topological polar surface area (TPSA) is 59.9 Å². The molecule has 0 unspecified atom stereocenters. The molecule has 5 nitrogen and oxygen atoms in total. The number of fused-ring (bicyclic) bond motifs is 1. The minimum absolute atomic E-state index is 0.631.